The van der Waals surface area contributed by atoms with Crippen molar-refractivity contribution in [3.63, 3.8) is 0 Å². The number of likely N-dealkylation sites (N-methyl/N-ethyl adjacent to an activating group) is 1. The lowest BCUT2D eigenvalue weighted by molar-refractivity contribution is -0.133. The van der Waals surface area contributed by atoms with Crippen molar-refractivity contribution in [2.75, 3.05) is 20.2 Å². The summed E-state index contributed by atoms with van der Waals surface area (Å²) in [7, 11) is 1.91. The minimum atomic E-state index is -0.959. The normalized spacial score (nSPS) is 20.4. The Morgan fingerprint density at radius 2 is 2.00 bits per heavy atom. The van der Waals surface area contributed by atoms with E-state index in [9.17, 15) is 9.59 Å². The fourth-order valence-electron chi connectivity index (χ4n) is 2.94. The predicted molar refractivity (Wildman–Crippen MR) is 91.3 cm³/mol. The number of amides is 1. The first-order valence-corrected chi connectivity index (χ1v) is 8.33. The highest BCUT2D eigenvalue weighted by atomic mass is 16.5. The lowest BCUT2D eigenvalue weighted by Gasteiger charge is -2.25. The molecule has 6 heteroatoms. The Kier molecular flexibility index (Phi) is 6.20. The van der Waals surface area contributed by atoms with Gasteiger partial charge in [-0.3, -0.25) is 4.79 Å². The molecule has 2 N–H and O–H groups in total. The van der Waals surface area contributed by atoms with E-state index < -0.39 is 5.97 Å². The number of hydrogen-bond acceptors (Lipinski definition) is 4. The van der Waals surface area contributed by atoms with Crippen molar-refractivity contribution in [3.8, 4) is 5.75 Å². The van der Waals surface area contributed by atoms with Crippen LogP contribution in [0.4, 0.5) is 0 Å². The number of ether oxygens (including phenoxy) is 1. The van der Waals surface area contributed by atoms with E-state index in [1.54, 1.807) is 12.1 Å². The van der Waals surface area contributed by atoms with E-state index in [0.29, 0.717) is 31.2 Å². The fraction of sp³-hybridized carbons (Fsp3) is 0.556. The maximum absolute atomic E-state index is 12.4. The monoisotopic (exact) mass is 334 g/mol. The van der Waals surface area contributed by atoms with Gasteiger partial charge >= 0.3 is 5.97 Å². The molecule has 1 aromatic carbocycles. The molecule has 24 heavy (non-hydrogen) atoms. The van der Waals surface area contributed by atoms with Crippen molar-refractivity contribution < 1.29 is 19.4 Å². The standard InChI is InChI=1S/C18H26N2O4/c1-12(2)8-17(21)20-10-14(19-3)9-15(20)11-24-16-6-4-13(5-7-16)18(22)23/h4-7,12,14-15,19H,8-11H2,1-3H3,(H,22,23). The number of rotatable bonds is 7. The molecule has 1 heterocycles. The number of nitrogens with zero attached hydrogens (tertiary/aromatic N) is 1. The third-order valence-corrected chi connectivity index (χ3v) is 4.27. The highest BCUT2D eigenvalue weighted by Crippen LogP contribution is 2.22. The Hall–Kier alpha value is -2.08. The summed E-state index contributed by atoms with van der Waals surface area (Å²) in [4.78, 5) is 25.2. The molecule has 1 aromatic rings. The van der Waals surface area contributed by atoms with Crippen LogP contribution in [-0.2, 0) is 4.79 Å². The second-order valence-corrected chi connectivity index (χ2v) is 6.66. The van der Waals surface area contributed by atoms with Gasteiger partial charge in [-0.25, -0.2) is 4.79 Å². The molecular formula is C18H26N2O4. The van der Waals surface area contributed by atoms with Gasteiger partial charge in [-0.05, 0) is 43.7 Å². The van der Waals surface area contributed by atoms with Crippen LogP contribution in [0.5, 0.6) is 5.75 Å². The van der Waals surface area contributed by atoms with E-state index >= 15 is 0 Å². The Morgan fingerprint density at radius 3 is 2.54 bits per heavy atom. The lowest BCUT2D eigenvalue weighted by atomic mass is 10.1. The number of aromatic carboxylic acids is 1. The van der Waals surface area contributed by atoms with E-state index in [4.69, 9.17) is 9.84 Å². The molecule has 2 unspecified atom stereocenters. The van der Waals surface area contributed by atoms with Crippen LogP contribution in [0.2, 0.25) is 0 Å². The van der Waals surface area contributed by atoms with Gasteiger partial charge in [-0.15, -0.1) is 0 Å². The zero-order chi connectivity index (χ0) is 17.7. The zero-order valence-electron chi connectivity index (χ0n) is 14.5. The van der Waals surface area contributed by atoms with Crippen LogP contribution in [0.15, 0.2) is 24.3 Å². The van der Waals surface area contributed by atoms with E-state index in [-0.39, 0.29) is 23.6 Å². The average molecular weight is 334 g/mol. The van der Waals surface area contributed by atoms with Crippen molar-refractivity contribution in [1.29, 1.82) is 0 Å². The van der Waals surface area contributed by atoms with Crippen LogP contribution in [0, 0.1) is 5.92 Å². The van der Waals surface area contributed by atoms with Gasteiger partial charge in [0.25, 0.3) is 0 Å². The van der Waals surface area contributed by atoms with Crippen LogP contribution in [0.25, 0.3) is 0 Å². The number of carboxylic acid groups (broad SMARTS) is 1. The minimum Gasteiger partial charge on any atom is -0.491 e. The van der Waals surface area contributed by atoms with Gasteiger partial charge in [0, 0.05) is 19.0 Å². The summed E-state index contributed by atoms with van der Waals surface area (Å²) in [5.41, 5.74) is 0.229. The van der Waals surface area contributed by atoms with Crippen molar-refractivity contribution in [2.24, 2.45) is 5.92 Å². The van der Waals surface area contributed by atoms with E-state index in [1.807, 2.05) is 25.8 Å². The van der Waals surface area contributed by atoms with E-state index in [0.717, 1.165) is 6.42 Å². The molecule has 0 spiro atoms. The number of likely N-dealkylation sites (tertiary alicyclic amines) is 1. The molecule has 0 aromatic heterocycles. The number of hydrogen-bond donors (Lipinski definition) is 2. The Bertz CT molecular complexity index is 571. The van der Waals surface area contributed by atoms with E-state index in [2.05, 4.69) is 5.32 Å². The Morgan fingerprint density at radius 1 is 1.33 bits per heavy atom. The van der Waals surface area contributed by atoms with Gasteiger partial charge in [-0.2, -0.15) is 0 Å². The van der Waals surface area contributed by atoms with Crippen molar-refractivity contribution in [1.82, 2.24) is 10.2 Å². The van der Waals surface area contributed by atoms with Gasteiger partial charge in [0.15, 0.2) is 0 Å². The second kappa shape index (κ2) is 8.15. The largest absolute Gasteiger partial charge is 0.491 e. The smallest absolute Gasteiger partial charge is 0.335 e. The van der Waals surface area contributed by atoms with Gasteiger partial charge in [-0.1, -0.05) is 13.8 Å². The van der Waals surface area contributed by atoms with Crippen LogP contribution in [0.1, 0.15) is 37.0 Å². The molecule has 1 fully saturated rings. The van der Waals surface area contributed by atoms with Gasteiger partial charge in [0.1, 0.15) is 12.4 Å². The van der Waals surface area contributed by atoms with Crippen LogP contribution < -0.4 is 10.1 Å². The van der Waals surface area contributed by atoms with Crippen LogP contribution >= 0.6 is 0 Å². The van der Waals surface area contributed by atoms with Crippen molar-refractivity contribution >= 4 is 11.9 Å². The first-order valence-electron chi connectivity index (χ1n) is 8.33. The number of carbonyl (C=O) groups excluding carboxylic acids is 1. The maximum atomic E-state index is 12.4. The highest BCUT2D eigenvalue weighted by Gasteiger charge is 2.34. The van der Waals surface area contributed by atoms with Gasteiger partial charge in [0.2, 0.25) is 5.91 Å². The molecule has 1 amide bonds. The lowest BCUT2D eigenvalue weighted by Crippen LogP contribution is -2.40. The third kappa shape index (κ3) is 4.71. The molecule has 1 aliphatic rings. The predicted octanol–water partition coefficient (Wildman–Crippen LogP) is 2.00. The summed E-state index contributed by atoms with van der Waals surface area (Å²) in [6, 6.07) is 6.65. The highest BCUT2D eigenvalue weighted by molar-refractivity contribution is 5.87. The number of carbonyl (C=O) groups is 2. The topological polar surface area (TPSA) is 78.9 Å². The molecule has 1 saturated heterocycles. The number of nitrogens with one attached hydrogen (secondary N) is 1. The molecule has 2 rings (SSSR count). The second-order valence-electron chi connectivity index (χ2n) is 6.66. The van der Waals surface area contributed by atoms with Crippen molar-refractivity contribution in [2.45, 2.75) is 38.8 Å². The van der Waals surface area contributed by atoms with Crippen LogP contribution in [0.3, 0.4) is 0 Å². The molecule has 6 nitrogen and oxygen atoms in total. The molecule has 132 valence electrons. The van der Waals surface area contributed by atoms with Crippen molar-refractivity contribution in [3.05, 3.63) is 29.8 Å². The van der Waals surface area contributed by atoms with Crippen LogP contribution in [-0.4, -0.2) is 54.2 Å². The number of benzene rings is 1. The van der Waals surface area contributed by atoms with E-state index in [1.165, 1.54) is 12.1 Å². The third-order valence-electron chi connectivity index (χ3n) is 4.27. The molecule has 0 aliphatic carbocycles. The van der Waals surface area contributed by atoms with Gasteiger partial charge in [0.05, 0.1) is 11.6 Å². The maximum Gasteiger partial charge on any atom is 0.335 e. The molecule has 0 radical (unpaired) electrons. The summed E-state index contributed by atoms with van der Waals surface area (Å²) < 4.78 is 5.79. The van der Waals surface area contributed by atoms with Gasteiger partial charge < -0.3 is 20.1 Å². The molecule has 1 aliphatic heterocycles. The average Bonchev–Trinajstić information content (AvgIpc) is 2.96. The summed E-state index contributed by atoms with van der Waals surface area (Å²) >= 11 is 0. The first-order chi connectivity index (χ1) is 11.4. The summed E-state index contributed by atoms with van der Waals surface area (Å²) in [6.45, 7) is 5.19. The molecular weight excluding hydrogens is 308 g/mol. The first kappa shape index (κ1) is 18.3. The number of carboxylic acids is 1. The molecule has 2 atom stereocenters. The summed E-state index contributed by atoms with van der Waals surface area (Å²) in [6.07, 6.45) is 1.40. The SMILES string of the molecule is CNC1CC(COc2ccc(C(=O)O)cc2)N(C(=O)CC(C)C)C1. The quantitative estimate of drug-likeness (QED) is 0.797. The minimum absolute atomic E-state index is 0.0350. The Labute approximate surface area is 142 Å². The summed E-state index contributed by atoms with van der Waals surface area (Å²) in [5, 5.41) is 12.1. The zero-order valence-corrected chi connectivity index (χ0v) is 14.5. The fourth-order valence-corrected chi connectivity index (χ4v) is 2.94. The molecule has 0 saturated carbocycles. The summed E-state index contributed by atoms with van der Waals surface area (Å²) in [5.74, 6) is 0.151. The Balaban J connectivity index is 1.97. The molecule has 0 bridgehead atoms.